The number of anilines is 2. The topological polar surface area (TPSA) is 103 Å². The van der Waals surface area contributed by atoms with Gasteiger partial charge in [0.1, 0.15) is 12.4 Å². The van der Waals surface area contributed by atoms with Gasteiger partial charge in [-0.3, -0.25) is 9.59 Å². The molecule has 0 aliphatic carbocycles. The predicted molar refractivity (Wildman–Crippen MR) is 98.9 cm³/mol. The fourth-order valence-corrected chi connectivity index (χ4v) is 2.15. The third-order valence-corrected chi connectivity index (χ3v) is 3.41. The molecule has 0 radical (unpaired) electrons. The molecular weight excluding hydrogens is 352 g/mol. The second-order valence-corrected chi connectivity index (χ2v) is 5.37. The average molecular weight is 372 g/mol. The van der Waals surface area contributed by atoms with Crippen molar-refractivity contribution in [3.8, 4) is 5.75 Å². The maximum Gasteiger partial charge on any atom is 0.332 e. The Balaban J connectivity index is 1.91. The quantitative estimate of drug-likeness (QED) is 0.688. The summed E-state index contributed by atoms with van der Waals surface area (Å²) in [6.07, 6.45) is 0. The minimum atomic E-state index is -0.629. The number of para-hydroxylation sites is 2. The first-order valence-corrected chi connectivity index (χ1v) is 8.02. The Morgan fingerprint density at radius 3 is 2.26 bits per heavy atom. The highest BCUT2D eigenvalue weighted by Crippen LogP contribution is 2.23. The van der Waals surface area contributed by atoms with E-state index in [1.807, 2.05) is 0 Å². The zero-order chi connectivity index (χ0) is 19.6. The van der Waals surface area contributed by atoms with Gasteiger partial charge in [0, 0.05) is 18.4 Å². The molecule has 0 saturated heterocycles. The van der Waals surface area contributed by atoms with Crippen molar-refractivity contribution in [2.75, 3.05) is 38.1 Å². The zero-order valence-electron chi connectivity index (χ0n) is 15.0. The summed E-state index contributed by atoms with van der Waals surface area (Å²) < 4.78 is 14.5. The van der Waals surface area contributed by atoms with Crippen LogP contribution >= 0.6 is 0 Å². The molecule has 0 spiro atoms. The van der Waals surface area contributed by atoms with Crippen LogP contribution in [0, 0.1) is 0 Å². The molecule has 0 saturated carbocycles. The largest absolute Gasteiger partial charge is 0.495 e. The molecule has 2 N–H and O–H groups in total. The number of benzene rings is 2. The minimum Gasteiger partial charge on any atom is -0.495 e. The molecule has 0 fully saturated rings. The first kappa shape index (κ1) is 19.9. The van der Waals surface area contributed by atoms with Gasteiger partial charge in [-0.05, 0) is 36.4 Å². The summed E-state index contributed by atoms with van der Waals surface area (Å²) in [6, 6.07) is 13.4. The highest BCUT2D eigenvalue weighted by Gasteiger charge is 2.11. The first-order chi connectivity index (χ1) is 13.0. The molecule has 2 aromatic carbocycles. The van der Waals surface area contributed by atoms with Gasteiger partial charge >= 0.3 is 5.97 Å². The third-order valence-electron chi connectivity index (χ3n) is 3.41. The Labute approximate surface area is 156 Å². The van der Waals surface area contributed by atoms with E-state index in [9.17, 15) is 14.4 Å². The summed E-state index contributed by atoms with van der Waals surface area (Å²) >= 11 is 0. The molecule has 27 heavy (non-hydrogen) atoms. The van der Waals surface area contributed by atoms with Crippen molar-refractivity contribution in [3.63, 3.8) is 0 Å². The molecule has 2 rings (SSSR count). The average Bonchev–Trinajstić information content (AvgIpc) is 2.67. The Morgan fingerprint density at radius 2 is 1.59 bits per heavy atom. The van der Waals surface area contributed by atoms with Crippen LogP contribution in [0.1, 0.15) is 10.4 Å². The van der Waals surface area contributed by atoms with Crippen molar-refractivity contribution in [1.82, 2.24) is 0 Å². The van der Waals surface area contributed by atoms with Crippen LogP contribution in [0.2, 0.25) is 0 Å². The predicted octanol–water partition coefficient (Wildman–Crippen LogP) is 2.08. The number of carbonyl (C=O) groups excluding carboxylic acids is 3. The number of methoxy groups -OCH3 is 2. The second kappa shape index (κ2) is 9.93. The lowest BCUT2D eigenvalue weighted by molar-refractivity contribution is -0.150. The smallest absolute Gasteiger partial charge is 0.332 e. The van der Waals surface area contributed by atoms with E-state index in [1.165, 1.54) is 14.2 Å². The van der Waals surface area contributed by atoms with Crippen molar-refractivity contribution in [1.29, 1.82) is 0 Å². The number of carbonyl (C=O) groups is 3. The van der Waals surface area contributed by atoms with E-state index in [2.05, 4.69) is 15.4 Å². The molecular formula is C19H20N2O6. The first-order valence-electron chi connectivity index (χ1n) is 8.02. The molecule has 0 atom stereocenters. The van der Waals surface area contributed by atoms with Crippen molar-refractivity contribution in [2.24, 2.45) is 0 Å². The van der Waals surface area contributed by atoms with Gasteiger partial charge in [0.25, 0.3) is 11.8 Å². The van der Waals surface area contributed by atoms with Crippen LogP contribution in [0.3, 0.4) is 0 Å². The number of ether oxygens (including phenoxy) is 3. The number of nitrogens with one attached hydrogen (secondary N) is 2. The fraction of sp³-hybridized carbons (Fsp3) is 0.211. The van der Waals surface area contributed by atoms with E-state index in [1.54, 1.807) is 48.5 Å². The van der Waals surface area contributed by atoms with Gasteiger partial charge in [0.05, 0.1) is 12.8 Å². The van der Waals surface area contributed by atoms with Crippen LogP contribution < -0.4 is 15.4 Å². The van der Waals surface area contributed by atoms with Gasteiger partial charge in [-0.1, -0.05) is 12.1 Å². The Hall–Kier alpha value is -3.39. The minimum absolute atomic E-state index is 0.219. The normalized spacial score (nSPS) is 10.0. The third kappa shape index (κ3) is 6.12. The maximum absolute atomic E-state index is 12.3. The van der Waals surface area contributed by atoms with Crippen LogP contribution in [0.4, 0.5) is 11.4 Å². The van der Waals surface area contributed by atoms with Gasteiger partial charge in [-0.25, -0.2) is 4.79 Å². The van der Waals surface area contributed by atoms with Gasteiger partial charge in [-0.2, -0.15) is 0 Å². The lowest BCUT2D eigenvalue weighted by atomic mass is 10.2. The molecule has 0 aliphatic heterocycles. The Kier molecular flexibility index (Phi) is 7.33. The summed E-state index contributed by atoms with van der Waals surface area (Å²) in [5, 5.41) is 5.33. The van der Waals surface area contributed by atoms with E-state index in [0.717, 1.165) is 0 Å². The van der Waals surface area contributed by atoms with Crippen LogP contribution in [-0.4, -0.2) is 45.2 Å². The highest BCUT2D eigenvalue weighted by atomic mass is 16.6. The molecule has 142 valence electrons. The summed E-state index contributed by atoms with van der Waals surface area (Å²) in [5.74, 6) is -0.884. The van der Waals surface area contributed by atoms with E-state index in [0.29, 0.717) is 22.7 Å². The molecule has 2 aromatic rings. The standard InChI is InChI=1S/C19H20N2O6/c1-25-12-18(23)27-11-17(22)20-14-9-7-13(8-10-14)19(24)21-15-5-3-4-6-16(15)26-2/h3-10H,11-12H2,1-2H3,(H,20,22)(H,21,24). The number of esters is 1. The van der Waals surface area contributed by atoms with Gasteiger partial charge in [-0.15, -0.1) is 0 Å². The number of hydrogen-bond donors (Lipinski definition) is 2. The number of amides is 2. The SMILES string of the molecule is COCC(=O)OCC(=O)Nc1ccc(C(=O)Nc2ccccc2OC)cc1. The number of hydrogen-bond acceptors (Lipinski definition) is 6. The molecule has 2 amide bonds. The van der Waals surface area contributed by atoms with Crippen molar-refractivity contribution in [2.45, 2.75) is 0 Å². The van der Waals surface area contributed by atoms with Gasteiger partial charge < -0.3 is 24.8 Å². The van der Waals surface area contributed by atoms with Crippen LogP contribution in [0.5, 0.6) is 5.75 Å². The summed E-state index contributed by atoms with van der Waals surface area (Å²) in [5.41, 5.74) is 1.43. The Morgan fingerprint density at radius 1 is 0.889 bits per heavy atom. The highest BCUT2D eigenvalue weighted by molar-refractivity contribution is 6.05. The van der Waals surface area contributed by atoms with E-state index >= 15 is 0 Å². The van der Waals surface area contributed by atoms with E-state index in [-0.39, 0.29) is 12.5 Å². The molecule has 8 nitrogen and oxygen atoms in total. The lowest BCUT2D eigenvalue weighted by Gasteiger charge is -2.10. The zero-order valence-corrected chi connectivity index (χ0v) is 15.0. The monoisotopic (exact) mass is 372 g/mol. The molecule has 0 aromatic heterocycles. The van der Waals surface area contributed by atoms with E-state index < -0.39 is 18.5 Å². The lowest BCUT2D eigenvalue weighted by Crippen LogP contribution is -2.22. The van der Waals surface area contributed by atoms with E-state index in [4.69, 9.17) is 9.47 Å². The molecule has 0 unspecified atom stereocenters. The van der Waals surface area contributed by atoms with Crippen LogP contribution in [0.25, 0.3) is 0 Å². The number of rotatable bonds is 8. The van der Waals surface area contributed by atoms with Crippen molar-refractivity contribution >= 4 is 29.2 Å². The molecule has 0 heterocycles. The molecule has 0 bridgehead atoms. The van der Waals surface area contributed by atoms with Gasteiger partial charge in [0.2, 0.25) is 0 Å². The Bertz CT molecular complexity index is 804. The van der Waals surface area contributed by atoms with Crippen molar-refractivity contribution in [3.05, 3.63) is 54.1 Å². The summed E-state index contributed by atoms with van der Waals surface area (Å²) in [7, 11) is 2.88. The molecule has 8 heteroatoms. The molecule has 0 aliphatic rings. The summed E-state index contributed by atoms with van der Waals surface area (Å²) in [4.78, 5) is 35.2. The van der Waals surface area contributed by atoms with Gasteiger partial charge in [0.15, 0.2) is 6.61 Å². The van der Waals surface area contributed by atoms with Crippen LogP contribution in [-0.2, 0) is 19.1 Å². The fourth-order valence-electron chi connectivity index (χ4n) is 2.15. The summed E-state index contributed by atoms with van der Waals surface area (Å²) in [6.45, 7) is -0.637. The maximum atomic E-state index is 12.3. The van der Waals surface area contributed by atoms with Crippen LogP contribution in [0.15, 0.2) is 48.5 Å². The van der Waals surface area contributed by atoms with Crippen molar-refractivity contribution < 1.29 is 28.6 Å². The second-order valence-electron chi connectivity index (χ2n) is 5.37.